The lowest BCUT2D eigenvalue weighted by Crippen LogP contribution is -2.29. The Morgan fingerprint density at radius 2 is 1.61 bits per heavy atom. The van der Waals surface area contributed by atoms with Crippen LogP contribution in [0.15, 0.2) is 54.6 Å². The Hall–Kier alpha value is -2.13. The van der Waals surface area contributed by atoms with E-state index in [0.717, 1.165) is 18.7 Å². The van der Waals surface area contributed by atoms with Gasteiger partial charge >= 0.3 is 0 Å². The highest BCUT2D eigenvalue weighted by Crippen LogP contribution is 2.23. The minimum atomic E-state index is -0.0124. The molecule has 122 valence electrons. The van der Waals surface area contributed by atoms with Gasteiger partial charge in [0.2, 0.25) is 5.91 Å². The maximum Gasteiger partial charge on any atom is 0.238 e. The van der Waals surface area contributed by atoms with Crippen molar-refractivity contribution >= 4 is 11.6 Å². The zero-order valence-electron chi connectivity index (χ0n) is 14.2. The Morgan fingerprint density at radius 1 is 0.957 bits per heavy atom. The molecule has 0 aromatic heterocycles. The highest BCUT2D eigenvalue weighted by molar-refractivity contribution is 5.92. The molecule has 0 bridgehead atoms. The summed E-state index contributed by atoms with van der Waals surface area (Å²) >= 11 is 0. The van der Waals surface area contributed by atoms with E-state index in [1.54, 1.807) is 0 Å². The highest BCUT2D eigenvalue weighted by Gasteiger charge is 2.13. The maximum absolute atomic E-state index is 11.9. The number of rotatable bonds is 6. The molecule has 0 aliphatic heterocycles. The van der Waals surface area contributed by atoms with Gasteiger partial charge < -0.3 is 10.6 Å². The molecule has 0 radical (unpaired) electrons. The first-order valence-corrected chi connectivity index (χ1v) is 8.10. The van der Waals surface area contributed by atoms with E-state index >= 15 is 0 Å². The van der Waals surface area contributed by atoms with Gasteiger partial charge in [0.15, 0.2) is 0 Å². The van der Waals surface area contributed by atoms with Crippen molar-refractivity contribution in [3.05, 3.63) is 65.7 Å². The van der Waals surface area contributed by atoms with Gasteiger partial charge in [-0.2, -0.15) is 0 Å². The second-order valence-corrected chi connectivity index (χ2v) is 6.79. The van der Waals surface area contributed by atoms with Crippen LogP contribution in [0, 0.1) is 0 Å². The van der Waals surface area contributed by atoms with Gasteiger partial charge in [0.25, 0.3) is 0 Å². The Bertz CT molecular complexity index is 612. The molecule has 2 aromatic rings. The molecule has 0 aliphatic carbocycles. The van der Waals surface area contributed by atoms with E-state index in [0.29, 0.717) is 6.54 Å². The number of nitrogens with one attached hydrogen (secondary N) is 2. The summed E-state index contributed by atoms with van der Waals surface area (Å²) < 4.78 is 0. The first-order chi connectivity index (χ1) is 10.9. The quantitative estimate of drug-likeness (QED) is 0.798. The smallest absolute Gasteiger partial charge is 0.238 e. The minimum Gasteiger partial charge on any atom is -0.325 e. The number of amides is 1. The predicted molar refractivity (Wildman–Crippen MR) is 96.8 cm³/mol. The molecule has 3 nitrogen and oxygen atoms in total. The topological polar surface area (TPSA) is 41.1 Å². The number of anilines is 1. The van der Waals surface area contributed by atoms with Crippen molar-refractivity contribution in [2.45, 2.75) is 32.6 Å². The van der Waals surface area contributed by atoms with Crippen LogP contribution in [0.2, 0.25) is 0 Å². The van der Waals surface area contributed by atoms with E-state index in [2.05, 4.69) is 55.7 Å². The molecule has 23 heavy (non-hydrogen) atoms. The van der Waals surface area contributed by atoms with Gasteiger partial charge in [-0.3, -0.25) is 4.79 Å². The molecular formula is C20H26N2O. The molecule has 0 spiro atoms. The van der Waals surface area contributed by atoms with Crippen molar-refractivity contribution in [3.63, 3.8) is 0 Å². The zero-order valence-corrected chi connectivity index (χ0v) is 14.2. The summed E-state index contributed by atoms with van der Waals surface area (Å²) in [5, 5.41) is 6.10. The summed E-state index contributed by atoms with van der Waals surface area (Å²) in [7, 11) is 0. The van der Waals surface area contributed by atoms with Gasteiger partial charge in [-0.15, -0.1) is 0 Å². The average molecular weight is 310 g/mol. The fourth-order valence-electron chi connectivity index (χ4n) is 2.34. The molecule has 0 saturated carbocycles. The first kappa shape index (κ1) is 17.2. The summed E-state index contributed by atoms with van der Waals surface area (Å²) in [6.07, 6.45) is 0.925. The zero-order chi connectivity index (χ0) is 16.7. The molecule has 1 amide bonds. The second kappa shape index (κ2) is 7.93. The van der Waals surface area contributed by atoms with Crippen molar-refractivity contribution < 1.29 is 4.79 Å². The standard InChI is InChI=1S/C20H26N2O/c1-20(2,3)17-9-11-18(12-10-17)22-19(23)15-21-14-13-16-7-5-4-6-8-16/h4-12,21H,13-15H2,1-3H3,(H,22,23). The minimum absolute atomic E-state index is 0.0124. The Balaban J connectivity index is 1.72. The fourth-order valence-corrected chi connectivity index (χ4v) is 2.34. The molecule has 0 fully saturated rings. The van der Waals surface area contributed by atoms with Crippen LogP contribution in [0.1, 0.15) is 31.9 Å². The first-order valence-electron chi connectivity index (χ1n) is 8.10. The molecular weight excluding hydrogens is 284 g/mol. The third-order valence-corrected chi connectivity index (χ3v) is 3.75. The normalized spacial score (nSPS) is 11.3. The molecule has 2 rings (SSSR count). The number of hydrogen-bond acceptors (Lipinski definition) is 2. The van der Waals surface area contributed by atoms with Gasteiger partial charge in [-0.25, -0.2) is 0 Å². The Kier molecular flexibility index (Phi) is 5.94. The molecule has 0 saturated heterocycles. The van der Waals surface area contributed by atoms with Gasteiger partial charge in [0, 0.05) is 5.69 Å². The molecule has 3 heteroatoms. The third-order valence-electron chi connectivity index (χ3n) is 3.75. The molecule has 0 aliphatic rings. The van der Waals surface area contributed by atoms with E-state index in [9.17, 15) is 4.79 Å². The van der Waals surface area contributed by atoms with E-state index in [-0.39, 0.29) is 11.3 Å². The van der Waals surface area contributed by atoms with Crippen molar-refractivity contribution in [1.29, 1.82) is 0 Å². The van der Waals surface area contributed by atoms with Crippen LogP contribution < -0.4 is 10.6 Å². The average Bonchev–Trinajstić information content (AvgIpc) is 2.52. The molecule has 0 heterocycles. The van der Waals surface area contributed by atoms with Crippen LogP contribution in [-0.2, 0) is 16.6 Å². The van der Waals surface area contributed by atoms with Crippen LogP contribution in [0.3, 0.4) is 0 Å². The lowest BCUT2D eigenvalue weighted by molar-refractivity contribution is -0.115. The molecule has 0 atom stereocenters. The summed E-state index contributed by atoms with van der Waals surface area (Å²) in [6, 6.07) is 18.3. The molecule has 2 N–H and O–H groups in total. The van der Waals surface area contributed by atoms with Crippen LogP contribution >= 0.6 is 0 Å². The number of carbonyl (C=O) groups excluding carboxylic acids is 1. The molecule has 0 unspecified atom stereocenters. The summed E-state index contributed by atoms with van der Waals surface area (Å²) in [6.45, 7) is 7.65. The predicted octanol–water partition coefficient (Wildman–Crippen LogP) is 3.75. The van der Waals surface area contributed by atoms with Crippen molar-refractivity contribution in [2.24, 2.45) is 0 Å². The van der Waals surface area contributed by atoms with Crippen molar-refractivity contribution in [1.82, 2.24) is 5.32 Å². The monoisotopic (exact) mass is 310 g/mol. The fraction of sp³-hybridized carbons (Fsp3) is 0.350. The molecule has 2 aromatic carbocycles. The van der Waals surface area contributed by atoms with Crippen LogP contribution in [0.4, 0.5) is 5.69 Å². The van der Waals surface area contributed by atoms with E-state index in [4.69, 9.17) is 0 Å². The summed E-state index contributed by atoms with van der Waals surface area (Å²) in [5.74, 6) is -0.0124. The van der Waals surface area contributed by atoms with Crippen molar-refractivity contribution in [2.75, 3.05) is 18.4 Å². The lowest BCUT2D eigenvalue weighted by Gasteiger charge is -2.19. The van der Waals surface area contributed by atoms with E-state index in [1.165, 1.54) is 11.1 Å². The number of carbonyl (C=O) groups is 1. The van der Waals surface area contributed by atoms with Crippen LogP contribution in [0.5, 0.6) is 0 Å². The largest absolute Gasteiger partial charge is 0.325 e. The lowest BCUT2D eigenvalue weighted by atomic mass is 9.87. The second-order valence-electron chi connectivity index (χ2n) is 6.79. The number of benzene rings is 2. The maximum atomic E-state index is 11.9. The van der Waals surface area contributed by atoms with Gasteiger partial charge in [0.05, 0.1) is 6.54 Å². The van der Waals surface area contributed by atoms with Crippen LogP contribution in [-0.4, -0.2) is 19.0 Å². The Morgan fingerprint density at radius 3 is 2.22 bits per heavy atom. The van der Waals surface area contributed by atoms with E-state index in [1.807, 2.05) is 30.3 Å². The van der Waals surface area contributed by atoms with Crippen molar-refractivity contribution in [3.8, 4) is 0 Å². The van der Waals surface area contributed by atoms with Crippen LogP contribution in [0.25, 0.3) is 0 Å². The third kappa shape index (κ3) is 5.87. The Labute approximate surface area is 139 Å². The highest BCUT2D eigenvalue weighted by atomic mass is 16.1. The van der Waals surface area contributed by atoms with E-state index < -0.39 is 0 Å². The summed E-state index contributed by atoms with van der Waals surface area (Å²) in [4.78, 5) is 11.9. The SMILES string of the molecule is CC(C)(C)c1ccc(NC(=O)CNCCc2ccccc2)cc1. The summed E-state index contributed by atoms with van der Waals surface area (Å²) in [5.41, 5.74) is 3.50. The van der Waals surface area contributed by atoms with Gasteiger partial charge in [-0.1, -0.05) is 63.2 Å². The van der Waals surface area contributed by atoms with Gasteiger partial charge in [0.1, 0.15) is 0 Å². The van der Waals surface area contributed by atoms with Gasteiger partial charge in [-0.05, 0) is 41.6 Å². The number of hydrogen-bond donors (Lipinski definition) is 2.